The number of rotatable bonds is 3. The van der Waals surface area contributed by atoms with Crippen LogP contribution in [-0.2, 0) is 0 Å². The lowest BCUT2D eigenvalue weighted by molar-refractivity contribution is 0.940. The maximum atomic E-state index is 3.91. The van der Waals surface area contributed by atoms with Gasteiger partial charge in [-0.05, 0) is 42.1 Å². The Balaban J connectivity index is 0.000000956. The molecule has 0 amide bonds. The van der Waals surface area contributed by atoms with Crippen molar-refractivity contribution in [3.05, 3.63) is 64.9 Å². The van der Waals surface area contributed by atoms with Crippen LogP contribution in [0.1, 0.15) is 45.3 Å². The molecule has 0 N–H and O–H groups in total. The van der Waals surface area contributed by atoms with Crippen LogP contribution < -0.4 is 0 Å². The molecule has 1 aliphatic rings. The van der Waals surface area contributed by atoms with Gasteiger partial charge in [-0.1, -0.05) is 70.6 Å². The van der Waals surface area contributed by atoms with Crippen LogP contribution in [0.5, 0.6) is 0 Å². The van der Waals surface area contributed by atoms with E-state index in [0.717, 1.165) is 15.0 Å². The van der Waals surface area contributed by atoms with Gasteiger partial charge < -0.3 is 0 Å². The van der Waals surface area contributed by atoms with E-state index in [9.17, 15) is 0 Å². The number of benzene rings is 1. The standard InChI is InChI=1S/C16H19PS.C2H6/c1-4-8-14-12(3)18-16-11-7-6-10-13(16)15(17-14)9-5-2;1-2/h4-8,10-11,15,17H,2,9H2,1,3H3;1-2H3/b8-4-;. The Hall–Kier alpha value is -0.780. The minimum atomic E-state index is 0.592. The summed E-state index contributed by atoms with van der Waals surface area (Å²) in [6.07, 6.45) is 7.52. The van der Waals surface area contributed by atoms with Crippen molar-refractivity contribution in [1.82, 2.24) is 0 Å². The second-order valence-corrected chi connectivity index (χ2v) is 7.11. The van der Waals surface area contributed by atoms with Gasteiger partial charge in [-0.2, -0.15) is 0 Å². The van der Waals surface area contributed by atoms with E-state index in [4.69, 9.17) is 0 Å². The molecule has 2 atom stereocenters. The lowest BCUT2D eigenvalue weighted by atomic mass is 10.1. The van der Waals surface area contributed by atoms with Gasteiger partial charge in [-0.25, -0.2) is 0 Å². The molecule has 1 aromatic carbocycles. The molecule has 0 fully saturated rings. The average Bonchev–Trinajstić information content (AvgIpc) is 2.60. The molecule has 1 aliphatic heterocycles. The quantitative estimate of drug-likeness (QED) is 0.431. The third-order valence-electron chi connectivity index (χ3n) is 3.00. The van der Waals surface area contributed by atoms with Gasteiger partial charge in [-0.3, -0.25) is 0 Å². The molecule has 20 heavy (non-hydrogen) atoms. The maximum Gasteiger partial charge on any atom is 0.0157 e. The van der Waals surface area contributed by atoms with Crippen LogP contribution >= 0.6 is 20.3 Å². The normalized spacial score (nSPS) is 19.3. The maximum absolute atomic E-state index is 3.91. The number of thioether (sulfide) groups is 1. The molecule has 2 rings (SSSR count). The van der Waals surface area contributed by atoms with Gasteiger partial charge in [0.25, 0.3) is 0 Å². The van der Waals surface area contributed by atoms with Gasteiger partial charge in [0.2, 0.25) is 0 Å². The highest BCUT2D eigenvalue weighted by Crippen LogP contribution is 2.53. The Morgan fingerprint density at radius 3 is 2.65 bits per heavy atom. The van der Waals surface area contributed by atoms with E-state index in [-0.39, 0.29) is 0 Å². The molecule has 2 unspecified atom stereocenters. The molecule has 2 heteroatoms. The summed E-state index contributed by atoms with van der Waals surface area (Å²) < 4.78 is 0. The van der Waals surface area contributed by atoms with Gasteiger partial charge in [0.1, 0.15) is 0 Å². The van der Waals surface area contributed by atoms with Crippen molar-refractivity contribution >= 4 is 20.3 Å². The third kappa shape index (κ3) is 4.36. The molecular weight excluding hydrogens is 279 g/mol. The fourth-order valence-corrected chi connectivity index (χ4v) is 5.08. The Morgan fingerprint density at radius 2 is 2.00 bits per heavy atom. The van der Waals surface area contributed by atoms with Crippen molar-refractivity contribution in [2.75, 3.05) is 0 Å². The molecular formula is C18H25PS. The van der Waals surface area contributed by atoms with Gasteiger partial charge in [-0.15, -0.1) is 6.58 Å². The molecule has 0 spiro atoms. The highest BCUT2D eigenvalue weighted by molar-refractivity contribution is 8.03. The fourth-order valence-electron chi connectivity index (χ4n) is 2.13. The Labute approximate surface area is 130 Å². The van der Waals surface area contributed by atoms with Crippen LogP contribution in [0, 0.1) is 0 Å². The summed E-state index contributed by atoms with van der Waals surface area (Å²) >= 11 is 1.91. The smallest absolute Gasteiger partial charge is 0.0157 e. The van der Waals surface area contributed by atoms with E-state index in [2.05, 4.69) is 56.8 Å². The van der Waals surface area contributed by atoms with Crippen LogP contribution in [0.4, 0.5) is 0 Å². The topological polar surface area (TPSA) is 0 Å². The highest BCUT2D eigenvalue weighted by atomic mass is 32.2. The van der Waals surface area contributed by atoms with E-state index in [1.807, 2.05) is 31.7 Å². The zero-order chi connectivity index (χ0) is 15.0. The van der Waals surface area contributed by atoms with Crippen LogP contribution in [0.25, 0.3) is 0 Å². The first kappa shape index (κ1) is 17.3. The molecule has 0 saturated carbocycles. The van der Waals surface area contributed by atoms with Crippen LogP contribution in [0.15, 0.2) is 64.2 Å². The van der Waals surface area contributed by atoms with Gasteiger partial charge in [0.05, 0.1) is 0 Å². The molecule has 0 radical (unpaired) electrons. The summed E-state index contributed by atoms with van der Waals surface area (Å²) in [7, 11) is 0.839. The van der Waals surface area contributed by atoms with Crippen LogP contribution in [0.2, 0.25) is 0 Å². The van der Waals surface area contributed by atoms with Crippen molar-refractivity contribution in [3.8, 4) is 0 Å². The van der Waals surface area contributed by atoms with Gasteiger partial charge >= 0.3 is 0 Å². The van der Waals surface area contributed by atoms with E-state index in [1.54, 1.807) is 0 Å². The molecule has 1 heterocycles. The summed E-state index contributed by atoms with van der Waals surface area (Å²) in [5.74, 6) is 0. The SMILES string of the molecule is C=CCC1PC(/C=C\C)=C(C)Sc2ccccc21.CC. The fraction of sp³-hybridized carbons (Fsp3) is 0.333. The first-order chi connectivity index (χ1) is 9.76. The summed E-state index contributed by atoms with van der Waals surface area (Å²) in [4.78, 5) is 2.85. The Kier molecular flexibility index (Phi) is 7.95. The molecule has 0 bridgehead atoms. The Bertz CT molecular complexity index is 500. The van der Waals surface area contributed by atoms with E-state index in [1.165, 1.54) is 20.7 Å². The van der Waals surface area contributed by atoms with Crippen molar-refractivity contribution < 1.29 is 0 Å². The second-order valence-electron chi connectivity index (χ2n) is 4.33. The number of fused-ring (bicyclic) bond motifs is 1. The highest BCUT2D eigenvalue weighted by Gasteiger charge is 2.20. The number of allylic oxidation sites excluding steroid dienone is 5. The predicted octanol–water partition coefficient (Wildman–Crippen LogP) is 6.92. The molecule has 0 aliphatic carbocycles. The molecule has 0 aromatic heterocycles. The lowest BCUT2D eigenvalue weighted by Gasteiger charge is -2.16. The van der Waals surface area contributed by atoms with E-state index < -0.39 is 0 Å². The molecule has 1 aromatic rings. The monoisotopic (exact) mass is 304 g/mol. The van der Waals surface area contributed by atoms with Crippen LogP contribution in [0.3, 0.4) is 0 Å². The summed E-state index contributed by atoms with van der Waals surface area (Å²) in [5, 5.41) is 1.49. The van der Waals surface area contributed by atoms with Crippen molar-refractivity contribution in [1.29, 1.82) is 0 Å². The summed E-state index contributed by atoms with van der Waals surface area (Å²) in [5.41, 5.74) is 2.08. The predicted molar refractivity (Wildman–Crippen MR) is 97.0 cm³/mol. The molecule has 108 valence electrons. The zero-order valence-electron chi connectivity index (χ0n) is 12.9. The van der Waals surface area contributed by atoms with E-state index in [0.29, 0.717) is 5.66 Å². The largest absolute Gasteiger partial charge is 0.103 e. The zero-order valence-corrected chi connectivity index (χ0v) is 14.8. The van der Waals surface area contributed by atoms with Gasteiger partial charge in [0, 0.05) is 10.6 Å². The first-order valence-corrected chi connectivity index (χ1v) is 9.13. The van der Waals surface area contributed by atoms with E-state index >= 15 is 0 Å². The van der Waals surface area contributed by atoms with Crippen LogP contribution in [-0.4, -0.2) is 0 Å². The average molecular weight is 304 g/mol. The van der Waals surface area contributed by atoms with Crippen molar-refractivity contribution in [3.63, 3.8) is 0 Å². The second kappa shape index (κ2) is 9.21. The van der Waals surface area contributed by atoms with Gasteiger partial charge in [0.15, 0.2) is 0 Å². The first-order valence-electron chi connectivity index (χ1n) is 7.24. The van der Waals surface area contributed by atoms with Crippen molar-refractivity contribution in [2.45, 2.75) is 44.7 Å². The third-order valence-corrected chi connectivity index (χ3v) is 6.05. The minimum Gasteiger partial charge on any atom is -0.103 e. The summed E-state index contributed by atoms with van der Waals surface area (Å²) in [6, 6.07) is 8.79. The molecule has 0 saturated heterocycles. The van der Waals surface area contributed by atoms with Crippen molar-refractivity contribution in [2.24, 2.45) is 0 Å². The number of hydrogen-bond donors (Lipinski definition) is 0. The number of hydrogen-bond acceptors (Lipinski definition) is 1. The minimum absolute atomic E-state index is 0.592. The lowest BCUT2D eigenvalue weighted by Crippen LogP contribution is -1.92. The summed E-state index contributed by atoms with van der Waals surface area (Å²) in [6.45, 7) is 12.2. The Morgan fingerprint density at radius 1 is 1.30 bits per heavy atom. The molecule has 0 nitrogen and oxygen atoms in total.